The summed E-state index contributed by atoms with van der Waals surface area (Å²) in [5, 5.41) is 12.8. The van der Waals surface area contributed by atoms with Gasteiger partial charge in [0, 0.05) is 10.9 Å². The maximum absolute atomic E-state index is 12.5. The zero-order valence-electron chi connectivity index (χ0n) is 17.1. The number of carbonyl (C=O) groups excluding carboxylic acids is 1. The molecule has 1 aliphatic carbocycles. The fourth-order valence-electron chi connectivity index (χ4n) is 4.04. The smallest absolute Gasteiger partial charge is 0.413 e. The third-order valence-electron chi connectivity index (χ3n) is 5.49. The van der Waals surface area contributed by atoms with Crippen LogP contribution in [0.2, 0.25) is 5.02 Å². The second kappa shape index (κ2) is 8.69. The lowest BCUT2D eigenvalue weighted by Gasteiger charge is -2.14. The number of rotatable bonds is 5. The van der Waals surface area contributed by atoms with Crippen LogP contribution in [0.3, 0.4) is 0 Å². The highest BCUT2D eigenvalue weighted by atomic mass is 35.5. The lowest BCUT2D eigenvalue weighted by Crippen LogP contribution is -2.18. The molecule has 0 atom stereocenters. The largest absolute Gasteiger partial charge is 0.476 e. The molecular formula is C25H17ClN2O4S. The molecule has 2 N–H and O–H groups in total. The minimum Gasteiger partial charge on any atom is -0.476 e. The van der Waals surface area contributed by atoms with E-state index in [2.05, 4.69) is 22.4 Å². The molecule has 0 bridgehead atoms. The van der Waals surface area contributed by atoms with E-state index < -0.39 is 12.1 Å². The number of hydrogen-bond donors (Lipinski definition) is 2. The number of ether oxygens (including phenoxy) is 1. The summed E-state index contributed by atoms with van der Waals surface area (Å²) in [6.07, 6.45) is -0.690. The number of thiazole rings is 1. The van der Waals surface area contributed by atoms with Gasteiger partial charge in [0.05, 0.1) is 4.88 Å². The van der Waals surface area contributed by atoms with Gasteiger partial charge >= 0.3 is 12.1 Å². The monoisotopic (exact) mass is 476 g/mol. The third kappa shape index (κ3) is 4.08. The second-order valence-electron chi connectivity index (χ2n) is 7.46. The Hall–Kier alpha value is -3.68. The standard InChI is InChI=1S/C25H17ClN2O4S/c26-15-11-9-14(10-12-15)22-21(23(29)30)27-24(33-22)28-25(31)32-13-20-18-7-3-1-5-16(18)17-6-2-4-8-19(17)20/h1-12,20H,13H2,(H,29,30)(H,27,28,31). The van der Waals surface area contributed by atoms with E-state index in [9.17, 15) is 14.7 Å². The maximum atomic E-state index is 12.5. The molecule has 1 amide bonds. The number of nitrogens with one attached hydrogen (secondary N) is 1. The van der Waals surface area contributed by atoms with Gasteiger partial charge in [0.15, 0.2) is 10.8 Å². The number of halogens is 1. The number of carboxylic acids is 1. The fraction of sp³-hybridized carbons (Fsp3) is 0.0800. The van der Waals surface area contributed by atoms with Crippen LogP contribution in [0, 0.1) is 0 Å². The first-order valence-electron chi connectivity index (χ1n) is 10.1. The Bertz CT molecular complexity index is 1320. The number of aromatic nitrogens is 1. The van der Waals surface area contributed by atoms with Crippen molar-refractivity contribution in [3.05, 3.63) is 94.6 Å². The highest BCUT2D eigenvalue weighted by Crippen LogP contribution is 2.44. The molecule has 0 unspecified atom stereocenters. The molecule has 4 aromatic rings. The summed E-state index contributed by atoms with van der Waals surface area (Å²) in [6.45, 7) is 0.154. The molecule has 0 radical (unpaired) electrons. The van der Waals surface area contributed by atoms with Crippen LogP contribution < -0.4 is 5.32 Å². The van der Waals surface area contributed by atoms with Gasteiger partial charge in [-0.25, -0.2) is 14.6 Å². The van der Waals surface area contributed by atoms with Gasteiger partial charge in [0.1, 0.15) is 6.61 Å². The SMILES string of the molecule is O=C(Nc1nc(C(=O)O)c(-c2ccc(Cl)cc2)s1)OCC1c2ccccc2-c2ccccc21. The van der Waals surface area contributed by atoms with Gasteiger partial charge in [-0.3, -0.25) is 5.32 Å². The Morgan fingerprint density at radius 3 is 2.18 bits per heavy atom. The summed E-state index contributed by atoms with van der Waals surface area (Å²) in [7, 11) is 0. The average Bonchev–Trinajstić information content (AvgIpc) is 3.38. The molecule has 1 heterocycles. The molecule has 33 heavy (non-hydrogen) atoms. The molecule has 3 aromatic carbocycles. The van der Waals surface area contributed by atoms with Crippen molar-refractivity contribution in [1.29, 1.82) is 0 Å². The van der Waals surface area contributed by atoms with Gasteiger partial charge in [-0.2, -0.15) is 0 Å². The summed E-state index contributed by atoms with van der Waals surface area (Å²) in [6, 6.07) is 22.9. The topological polar surface area (TPSA) is 88.5 Å². The van der Waals surface area contributed by atoms with E-state index in [1.165, 1.54) is 0 Å². The number of carbonyl (C=O) groups is 2. The molecule has 164 valence electrons. The van der Waals surface area contributed by atoms with Gasteiger partial charge in [0.2, 0.25) is 0 Å². The number of benzene rings is 3. The van der Waals surface area contributed by atoms with Gasteiger partial charge in [-0.1, -0.05) is 83.6 Å². The van der Waals surface area contributed by atoms with Gasteiger partial charge < -0.3 is 9.84 Å². The summed E-state index contributed by atoms with van der Waals surface area (Å²) in [5.74, 6) is -1.25. The van der Waals surface area contributed by atoms with E-state index in [1.807, 2.05) is 36.4 Å². The molecule has 8 heteroatoms. The first-order valence-corrected chi connectivity index (χ1v) is 11.3. The highest BCUT2D eigenvalue weighted by Gasteiger charge is 2.29. The number of hydrogen-bond acceptors (Lipinski definition) is 5. The quantitative estimate of drug-likeness (QED) is 0.342. The predicted molar refractivity (Wildman–Crippen MR) is 128 cm³/mol. The van der Waals surface area contributed by atoms with E-state index in [-0.39, 0.29) is 23.4 Å². The number of fused-ring (bicyclic) bond motifs is 3. The Morgan fingerprint density at radius 2 is 1.58 bits per heavy atom. The van der Waals surface area contributed by atoms with Crippen LogP contribution in [0.4, 0.5) is 9.93 Å². The molecular weight excluding hydrogens is 460 g/mol. The number of carboxylic acid groups (broad SMARTS) is 1. The van der Waals surface area contributed by atoms with Crippen LogP contribution in [0.25, 0.3) is 21.6 Å². The van der Waals surface area contributed by atoms with Crippen molar-refractivity contribution in [1.82, 2.24) is 4.98 Å². The number of nitrogens with zero attached hydrogens (tertiary/aromatic N) is 1. The summed E-state index contributed by atoms with van der Waals surface area (Å²) in [5.41, 5.74) is 5.01. The summed E-state index contributed by atoms with van der Waals surface area (Å²) < 4.78 is 5.53. The first-order chi connectivity index (χ1) is 16.0. The molecule has 0 aliphatic heterocycles. The van der Waals surface area contributed by atoms with Gasteiger partial charge in [-0.15, -0.1) is 0 Å². The van der Waals surface area contributed by atoms with Crippen LogP contribution in [0.15, 0.2) is 72.8 Å². The third-order valence-corrected chi connectivity index (χ3v) is 6.76. The zero-order valence-corrected chi connectivity index (χ0v) is 18.7. The molecule has 0 saturated carbocycles. The Balaban J connectivity index is 1.33. The Morgan fingerprint density at radius 1 is 0.970 bits per heavy atom. The molecule has 0 spiro atoms. The molecule has 0 fully saturated rings. The van der Waals surface area contributed by atoms with Crippen molar-refractivity contribution in [2.75, 3.05) is 11.9 Å². The van der Waals surface area contributed by atoms with Crippen molar-refractivity contribution < 1.29 is 19.4 Å². The van der Waals surface area contributed by atoms with Crippen molar-refractivity contribution in [3.63, 3.8) is 0 Å². The van der Waals surface area contributed by atoms with E-state index in [1.54, 1.807) is 24.3 Å². The molecule has 1 aliphatic rings. The van der Waals surface area contributed by atoms with E-state index in [0.717, 1.165) is 33.6 Å². The molecule has 6 nitrogen and oxygen atoms in total. The van der Waals surface area contributed by atoms with Crippen LogP contribution in [-0.4, -0.2) is 28.8 Å². The van der Waals surface area contributed by atoms with Gasteiger partial charge in [0.25, 0.3) is 0 Å². The van der Waals surface area contributed by atoms with Crippen molar-refractivity contribution in [2.24, 2.45) is 0 Å². The van der Waals surface area contributed by atoms with Crippen LogP contribution >= 0.6 is 22.9 Å². The molecule has 5 rings (SSSR count). The van der Waals surface area contributed by atoms with Crippen LogP contribution in [0.1, 0.15) is 27.5 Å². The molecule has 0 saturated heterocycles. The summed E-state index contributed by atoms with van der Waals surface area (Å²) >= 11 is 6.99. The van der Waals surface area contributed by atoms with Crippen molar-refractivity contribution in [2.45, 2.75) is 5.92 Å². The first kappa shape index (κ1) is 21.2. The number of anilines is 1. The lowest BCUT2D eigenvalue weighted by molar-refractivity contribution is 0.0692. The number of aromatic carboxylic acids is 1. The Labute approximate surface area is 198 Å². The lowest BCUT2D eigenvalue weighted by atomic mass is 9.98. The predicted octanol–water partition coefficient (Wildman–Crippen LogP) is 6.52. The van der Waals surface area contributed by atoms with E-state index >= 15 is 0 Å². The van der Waals surface area contributed by atoms with Crippen molar-refractivity contribution in [3.8, 4) is 21.6 Å². The van der Waals surface area contributed by atoms with Crippen molar-refractivity contribution >= 4 is 40.1 Å². The average molecular weight is 477 g/mol. The van der Waals surface area contributed by atoms with E-state index in [0.29, 0.717) is 15.5 Å². The zero-order chi connectivity index (χ0) is 22.9. The summed E-state index contributed by atoms with van der Waals surface area (Å²) in [4.78, 5) is 28.7. The highest BCUT2D eigenvalue weighted by molar-refractivity contribution is 7.19. The maximum Gasteiger partial charge on any atom is 0.413 e. The minimum absolute atomic E-state index is 0.0707. The molecule has 1 aromatic heterocycles. The Kier molecular flexibility index (Phi) is 5.58. The second-order valence-corrected chi connectivity index (χ2v) is 8.89. The van der Waals surface area contributed by atoms with Crippen LogP contribution in [0.5, 0.6) is 0 Å². The minimum atomic E-state index is -1.18. The van der Waals surface area contributed by atoms with Gasteiger partial charge in [-0.05, 0) is 39.9 Å². The van der Waals surface area contributed by atoms with Crippen LogP contribution in [-0.2, 0) is 4.74 Å². The van der Waals surface area contributed by atoms with E-state index in [4.69, 9.17) is 16.3 Å². The number of amides is 1. The normalized spacial score (nSPS) is 12.2. The fourth-order valence-corrected chi connectivity index (χ4v) is 5.11.